The lowest BCUT2D eigenvalue weighted by atomic mass is 9.97. The number of hydrogen-bond acceptors (Lipinski definition) is 1. The first-order valence-electron chi connectivity index (χ1n) is 5.13. The minimum atomic E-state index is 0.971. The van der Waals surface area contributed by atoms with Crippen LogP contribution in [0.5, 0.6) is 0 Å². The number of rotatable bonds is 3. The molecule has 72 valence electrons. The average Bonchev–Trinajstić information content (AvgIpc) is 2.16. The van der Waals surface area contributed by atoms with Crippen LogP contribution in [0, 0.1) is 0 Å². The van der Waals surface area contributed by atoms with Crippen LogP contribution in [-0.4, -0.2) is 0 Å². The molecular weight excluding hydrogens is 158 g/mol. The van der Waals surface area contributed by atoms with Gasteiger partial charge in [0, 0.05) is 5.69 Å². The summed E-state index contributed by atoms with van der Waals surface area (Å²) in [6.07, 6.45) is 3.20. The SMILES string of the molecule is CCc1cc(N)c(CC)c(CC)c1. The molecule has 1 heteroatoms. The van der Waals surface area contributed by atoms with E-state index < -0.39 is 0 Å². The number of benzene rings is 1. The maximum Gasteiger partial charge on any atom is 0.0351 e. The van der Waals surface area contributed by atoms with E-state index in [-0.39, 0.29) is 0 Å². The van der Waals surface area contributed by atoms with Gasteiger partial charge in [0.25, 0.3) is 0 Å². The molecule has 1 rings (SSSR count). The van der Waals surface area contributed by atoms with Crippen LogP contribution in [-0.2, 0) is 19.3 Å². The molecule has 0 fully saturated rings. The predicted octanol–water partition coefficient (Wildman–Crippen LogP) is 2.96. The molecule has 0 aliphatic heterocycles. The Morgan fingerprint density at radius 1 is 1.00 bits per heavy atom. The Hall–Kier alpha value is -0.980. The maximum atomic E-state index is 5.98. The van der Waals surface area contributed by atoms with Crippen molar-refractivity contribution in [3.63, 3.8) is 0 Å². The van der Waals surface area contributed by atoms with Gasteiger partial charge in [-0.1, -0.05) is 26.8 Å². The van der Waals surface area contributed by atoms with Crippen LogP contribution in [0.4, 0.5) is 5.69 Å². The summed E-state index contributed by atoms with van der Waals surface area (Å²) in [5.74, 6) is 0. The van der Waals surface area contributed by atoms with Crippen LogP contribution in [0.1, 0.15) is 37.5 Å². The third-order valence-corrected chi connectivity index (χ3v) is 2.58. The lowest BCUT2D eigenvalue weighted by Crippen LogP contribution is -2.00. The molecule has 13 heavy (non-hydrogen) atoms. The fourth-order valence-corrected chi connectivity index (χ4v) is 1.78. The van der Waals surface area contributed by atoms with Crippen LogP contribution in [0.2, 0.25) is 0 Å². The molecule has 0 saturated carbocycles. The van der Waals surface area contributed by atoms with Crippen molar-refractivity contribution in [3.8, 4) is 0 Å². The van der Waals surface area contributed by atoms with Crippen molar-refractivity contribution in [3.05, 3.63) is 28.8 Å². The monoisotopic (exact) mass is 177 g/mol. The Balaban J connectivity index is 3.20. The fourth-order valence-electron chi connectivity index (χ4n) is 1.78. The van der Waals surface area contributed by atoms with Gasteiger partial charge >= 0.3 is 0 Å². The van der Waals surface area contributed by atoms with E-state index in [4.69, 9.17) is 5.73 Å². The molecule has 1 aromatic carbocycles. The van der Waals surface area contributed by atoms with E-state index >= 15 is 0 Å². The second kappa shape index (κ2) is 4.31. The topological polar surface area (TPSA) is 26.0 Å². The highest BCUT2D eigenvalue weighted by Crippen LogP contribution is 2.21. The summed E-state index contributed by atoms with van der Waals surface area (Å²) >= 11 is 0. The normalized spacial score (nSPS) is 10.4. The Labute approximate surface area is 81.0 Å². The molecular formula is C12H19N. The first kappa shape index (κ1) is 10.1. The van der Waals surface area contributed by atoms with E-state index in [1.807, 2.05) is 0 Å². The van der Waals surface area contributed by atoms with Gasteiger partial charge in [-0.05, 0) is 42.0 Å². The molecule has 0 atom stereocenters. The zero-order valence-corrected chi connectivity index (χ0v) is 8.85. The van der Waals surface area contributed by atoms with E-state index in [9.17, 15) is 0 Å². The summed E-state index contributed by atoms with van der Waals surface area (Å²) in [7, 11) is 0. The van der Waals surface area contributed by atoms with Crippen molar-refractivity contribution < 1.29 is 0 Å². The minimum absolute atomic E-state index is 0.971. The van der Waals surface area contributed by atoms with Gasteiger partial charge in [-0.3, -0.25) is 0 Å². The standard InChI is InChI=1S/C12H19N/c1-4-9-7-10(5-2)11(6-3)12(13)8-9/h7-8H,4-6,13H2,1-3H3. The van der Waals surface area contributed by atoms with Gasteiger partial charge in [-0.25, -0.2) is 0 Å². The summed E-state index contributed by atoms with van der Waals surface area (Å²) in [4.78, 5) is 0. The summed E-state index contributed by atoms with van der Waals surface area (Å²) in [6, 6.07) is 4.40. The predicted molar refractivity (Wildman–Crippen MR) is 59.0 cm³/mol. The number of aryl methyl sites for hydroxylation is 2. The van der Waals surface area contributed by atoms with E-state index in [0.29, 0.717) is 0 Å². The second-order valence-corrected chi connectivity index (χ2v) is 3.38. The van der Waals surface area contributed by atoms with Crippen molar-refractivity contribution in [2.24, 2.45) is 0 Å². The summed E-state index contributed by atoms with van der Waals surface area (Å²) in [5.41, 5.74) is 11.1. The lowest BCUT2D eigenvalue weighted by molar-refractivity contribution is 1.02. The Morgan fingerprint density at radius 2 is 1.69 bits per heavy atom. The van der Waals surface area contributed by atoms with E-state index in [0.717, 1.165) is 24.9 Å². The van der Waals surface area contributed by atoms with Crippen molar-refractivity contribution in [1.29, 1.82) is 0 Å². The molecule has 0 bridgehead atoms. The van der Waals surface area contributed by atoms with Gasteiger partial charge in [-0.15, -0.1) is 0 Å². The van der Waals surface area contributed by atoms with Gasteiger partial charge in [-0.2, -0.15) is 0 Å². The second-order valence-electron chi connectivity index (χ2n) is 3.38. The molecule has 0 aromatic heterocycles. The molecule has 0 aliphatic carbocycles. The highest BCUT2D eigenvalue weighted by Gasteiger charge is 2.04. The molecule has 2 N–H and O–H groups in total. The van der Waals surface area contributed by atoms with Crippen LogP contribution in [0.15, 0.2) is 12.1 Å². The van der Waals surface area contributed by atoms with Gasteiger partial charge in [0.2, 0.25) is 0 Å². The first-order valence-corrected chi connectivity index (χ1v) is 5.13. The van der Waals surface area contributed by atoms with Gasteiger partial charge in [0.05, 0.1) is 0 Å². The number of nitrogens with two attached hydrogens (primary N) is 1. The van der Waals surface area contributed by atoms with Crippen LogP contribution in [0.3, 0.4) is 0 Å². The molecule has 1 aromatic rings. The highest BCUT2D eigenvalue weighted by molar-refractivity contribution is 5.53. The number of anilines is 1. The van der Waals surface area contributed by atoms with Crippen molar-refractivity contribution in [1.82, 2.24) is 0 Å². The molecule has 0 radical (unpaired) electrons. The molecule has 0 unspecified atom stereocenters. The van der Waals surface area contributed by atoms with Crippen molar-refractivity contribution in [2.75, 3.05) is 5.73 Å². The zero-order chi connectivity index (χ0) is 9.84. The third kappa shape index (κ3) is 2.03. The smallest absolute Gasteiger partial charge is 0.0351 e. The molecule has 0 spiro atoms. The molecule has 0 saturated heterocycles. The summed E-state index contributed by atoms with van der Waals surface area (Å²) < 4.78 is 0. The average molecular weight is 177 g/mol. The first-order chi connectivity index (χ1) is 6.22. The highest BCUT2D eigenvalue weighted by atomic mass is 14.6. The number of nitrogen functional groups attached to an aromatic ring is 1. The van der Waals surface area contributed by atoms with E-state index in [1.54, 1.807) is 0 Å². The Kier molecular flexibility index (Phi) is 3.35. The Bertz CT molecular complexity index is 289. The zero-order valence-electron chi connectivity index (χ0n) is 8.85. The Morgan fingerprint density at radius 3 is 2.15 bits per heavy atom. The summed E-state index contributed by atoms with van der Waals surface area (Å²) in [5, 5.41) is 0. The third-order valence-electron chi connectivity index (χ3n) is 2.58. The summed E-state index contributed by atoms with van der Waals surface area (Å²) in [6.45, 7) is 6.52. The van der Waals surface area contributed by atoms with Gasteiger partial charge < -0.3 is 5.73 Å². The van der Waals surface area contributed by atoms with E-state index in [2.05, 4.69) is 32.9 Å². The quantitative estimate of drug-likeness (QED) is 0.706. The van der Waals surface area contributed by atoms with E-state index in [1.165, 1.54) is 16.7 Å². The van der Waals surface area contributed by atoms with Gasteiger partial charge in [0.15, 0.2) is 0 Å². The maximum absolute atomic E-state index is 5.98. The lowest BCUT2D eigenvalue weighted by Gasteiger charge is -2.11. The van der Waals surface area contributed by atoms with Crippen LogP contribution < -0.4 is 5.73 Å². The van der Waals surface area contributed by atoms with Crippen LogP contribution in [0.25, 0.3) is 0 Å². The molecule has 0 heterocycles. The molecule has 1 nitrogen and oxygen atoms in total. The number of hydrogen-bond donors (Lipinski definition) is 1. The fraction of sp³-hybridized carbons (Fsp3) is 0.500. The minimum Gasteiger partial charge on any atom is -0.398 e. The van der Waals surface area contributed by atoms with Gasteiger partial charge in [0.1, 0.15) is 0 Å². The largest absolute Gasteiger partial charge is 0.398 e. The van der Waals surface area contributed by atoms with Crippen molar-refractivity contribution >= 4 is 5.69 Å². The van der Waals surface area contributed by atoms with Crippen molar-refractivity contribution in [2.45, 2.75) is 40.0 Å². The van der Waals surface area contributed by atoms with Crippen LogP contribution >= 0.6 is 0 Å². The molecule has 0 amide bonds. The molecule has 0 aliphatic rings.